The molecule has 1 heteroatoms. The third kappa shape index (κ3) is 6.06. The molecule has 0 unspecified atom stereocenters. The van der Waals surface area contributed by atoms with Crippen LogP contribution in [0.3, 0.4) is 0 Å². The molecule has 3 rings (SSSR count). The van der Waals surface area contributed by atoms with Gasteiger partial charge >= 0.3 is 0 Å². The maximum absolute atomic E-state index is 13.0. The maximum Gasteiger partial charge on any atom is 0.189 e. The summed E-state index contributed by atoms with van der Waals surface area (Å²) in [6.45, 7) is 4.52. The van der Waals surface area contributed by atoms with E-state index >= 15 is 0 Å². The number of aryl methyl sites for hydroxylation is 1. The largest absolute Gasteiger partial charge is 0.289 e. The molecule has 162 valence electrons. The first-order chi connectivity index (χ1) is 14.7. The molecule has 0 fully saturated rings. The first-order valence-corrected chi connectivity index (χ1v) is 12.6. The van der Waals surface area contributed by atoms with Gasteiger partial charge in [0.2, 0.25) is 0 Å². The lowest BCUT2D eigenvalue weighted by Gasteiger charge is -2.14. The zero-order chi connectivity index (χ0) is 21.2. The molecular formula is C29H40O. The summed E-state index contributed by atoms with van der Waals surface area (Å²) in [4.78, 5) is 13.0. The van der Waals surface area contributed by atoms with Gasteiger partial charge in [-0.1, -0.05) is 108 Å². The second kappa shape index (κ2) is 12.1. The van der Waals surface area contributed by atoms with Crippen LogP contribution in [0.5, 0.6) is 0 Å². The van der Waals surface area contributed by atoms with Crippen molar-refractivity contribution in [3.8, 4) is 0 Å². The second-order valence-electron chi connectivity index (χ2n) is 9.12. The molecule has 0 aliphatic heterocycles. The van der Waals surface area contributed by atoms with Crippen molar-refractivity contribution < 1.29 is 4.79 Å². The summed E-state index contributed by atoms with van der Waals surface area (Å²) in [5.41, 5.74) is 6.94. The summed E-state index contributed by atoms with van der Waals surface area (Å²) < 4.78 is 0. The first kappa shape index (κ1) is 22.8. The van der Waals surface area contributed by atoms with Gasteiger partial charge in [0.1, 0.15) is 0 Å². The fourth-order valence-corrected chi connectivity index (χ4v) is 4.71. The van der Waals surface area contributed by atoms with Crippen molar-refractivity contribution in [1.29, 1.82) is 0 Å². The number of benzene rings is 1. The molecule has 0 saturated carbocycles. The molecule has 1 aromatic rings. The summed E-state index contributed by atoms with van der Waals surface area (Å²) in [6.07, 6.45) is 24.1. The predicted octanol–water partition coefficient (Wildman–Crippen LogP) is 8.63. The average Bonchev–Trinajstić information content (AvgIpc) is 3.13. The standard InChI is InChI=1S/C29H40O/c1-3-5-7-9-11-13-15-23-17-19-26-25(21-23)22-28-27(26)20-18-24(29(28)30)16-14-12-10-8-6-4-2/h17-22H,3-16H2,1-2H3. The Bertz CT molecular complexity index is 806. The van der Waals surface area contributed by atoms with Crippen molar-refractivity contribution in [1.82, 2.24) is 0 Å². The Morgan fingerprint density at radius 3 is 2.00 bits per heavy atom. The number of ketones is 1. The number of allylic oxidation sites excluding steroid dienone is 5. The van der Waals surface area contributed by atoms with E-state index in [2.05, 4.69) is 50.3 Å². The van der Waals surface area contributed by atoms with Crippen LogP contribution in [-0.2, 0) is 11.2 Å². The molecule has 0 atom stereocenters. The molecular weight excluding hydrogens is 364 g/mol. The summed E-state index contributed by atoms with van der Waals surface area (Å²) >= 11 is 0. The van der Waals surface area contributed by atoms with Crippen LogP contribution in [0.2, 0.25) is 0 Å². The Morgan fingerprint density at radius 2 is 1.30 bits per heavy atom. The van der Waals surface area contributed by atoms with E-state index in [1.165, 1.54) is 87.3 Å². The number of Topliss-reactive ketones (excluding diaryl/α,β-unsaturated/α-hetero) is 1. The number of hydrogen-bond acceptors (Lipinski definition) is 1. The fraction of sp³-hybridized carbons (Fsp3) is 0.552. The van der Waals surface area contributed by atoms with E-state index in [0.29, 0.717) is 0 Å². The number of fused-ring (bicyclic) bond motifs is 3. The van der Waals surface area contributed by atoms with Gasteiger partial charge in [0, 0.05) is 11.1 Å². The Labute approximate surface area is 184 Å². The molecule has 0 aromatic heterocycles. The maximum atomic E-state index is 13.0. The van der Waals surface area contributed by atoms with E-state index in [-0.39, 0.29) is 5.78 Å². The molecule has 2 aliphatic rings. The topological polar surface area (TPSA) is 17.1 Å². The second-order valence-corrected chi connectivity index (χ2v) is 9.12. The van der Waals surface area contributed by atoms with Crippen LogP contribution in [-0.4, -0.2) is 5.78 Å². The summed E-state index contributed by atoms with van der Waals surface area (Å²) in [5.74, 6) is 0.259. The molecule has 1 aromatic carbocycles. The molecule has 2 aliphatic carbocycles. The normalized spacial score (nSPS) is 14.9. The lowest BCUT2D eigenvalue weighted by atomic mass is 9.88. The minimum atomic E-state index is 0.259. The van der Waals surface area contributed by atoms with Gasteiger partial charge < -0.3 is 0 Å². The predicted molar refractivity (Wildman–Crippen MR) is 131 cm³/mol. The van der Waals surface area contributed by atoms with Crippen LogP contribution in [0.4, 0.5) is 0 Å². The summed E-state index contributed by atoms with van der Waals surface area (Å²) in [5, 5.41) is 0. The van der Waals surface area contributed by atoms with Crippen molar-refractivity contribution in [2.24, 2.45) is 0 Å². The van der Waals surface area contributed by atoms with Crippen LogP contribution in [0.15, 0.2) is 41.5 Å². The van der Waals surface area contributed by atoms with E-state index in [9.17, 15) is 4.79 Å². The summed E-state index contributed by atoms with van der Waals surface area (Å²) in [7, 11) is 0. The minimum Gasteiger partial charge on any atom is -0.289 e. The third-order valence-corrected chi connectivity index (χ3v) is 6.60. The smallest absolute Gasteiger partial charge is 0.189 e. The SMILES string of the molecule is CCCCCCCCC1=CC=C2C(=Cc3cc(CCCCCCCC)ccc32)C1=O. The zero-order valence-electron chi connectivity index (χ0n) is 19.3. The van der Waals surface area contributed by atoms with Gasteiger partial charge in [-0.3, -0.25) is 4.79 Å². The third-order valence-electron chi connectivity index (χ3n) is 6.60. The van der Waals surface area contributed by atoms with E-state index in [1.54, 1.807) is 0 Å². The molecule has 0 radical (unpaired) electrons. The molecule has 0 saturated heterocycles. The molecule has 0 amide bonds. The van der Waals surface area contributed by atoms with Gasteiger partial charge in [-0.25, -0.2) is 0 Å². The fourth-order valence-electron chi connectivity index (χ4n) is 4.71. The molecule has 0 spiro atoms. The number of unbranched alkanes of at least 4 members (excludes halogenated alkanes) is 10. The Morgan fingerprint density at radius 1 is 0.667 bits per heavy atom. The van der Waals surface area contributed by atoms with Gasteiger partial charge in [0.15, 0.2) is 5.78 Å². The highest BCUT2D eigenvalue weighted by Gasteiger charge is 2.28. The minimum absolute atomic E-state index is 0.259. The van der Waals surface area contributed by atoms with E-state index < -0.39 is 0 Å². The lowest BCUT2D eigenvalue weighted by Crippen LogP contribution is -2.09. The molecule has 0 heterocycles. The highest BCUT2D eigenvalue weighted by Crippen LogP contribution is 2.40. The number of hydrogen-bond donors (Lipinski definition) is 0. The van der Waals surface area contributed by atoms with E-state index in [0.717, 1.165) is 36.0 Å². The van der Waals surface area contributed by atoms with Gasteiger partial charge in [0.25, 0.3) is 0 Å². The Balaban J connectivity index is 1.53. The first-order valence-electron chi connectivity index (χ1n) is 12.6. The molecule has 30 heavy (non-hydrogen) atoms. The number of carbonyl (C=O) groups excluding carboxylic acids is 1. The Hall–Kier alpha value is -1.89. The van der Waals surface area contributed by atoms with Crippen LogP contribution >= 0.6 is 0 Å². The van der Waals surface area contributed by atoms with Crippen LogP contribution < -0.4 is 0 Å². The molecule has 0 bridgehead atoms. The van der Waals surface area contributed by atoms with Crippen molar-refractivity contribution in [2.75, 3.05) is 0 Å². The van der Waals surface area contributed by atoms with Gasteiger partial charge in [0.05, 0.1) is 0 Å². The van der Waals surface area contributed by atoms with Crippen molar-refractivity contribution in [2.45, 2.75) is 104 Å². The van der Waals surface area contributed by atoms with Gasteiger partial charge in [-0.05, 0) is 54.0 Å². The monoisotopic (exact) mass is 404 g/mol. The van der Waals surface area contributed by atoms with Crippen molar-refractivity contribution in [3.05, 3.63) is 58.2 Å². The van der Waals surface area contributed by atoms with E-state index in [4.69, 9.17) is 0 Å². The van der Waals surface area contributed by atoms with Gasteiger partial charge in [-0.15, -0.1) is 0 Å². The van der Waals surface area contributed by atoms with E-state index in [1.807, 2.05) is 0 Å². The lowest BCUT2D eigenvalue weighted by molar-refractivity contribution is -0.112. The number of rotatable bonds is 14. The average molecular weight is 405 g/mol. The van der Waals surface area contributed by atoms with Crippen molar-refractivity contribution in [3.63, 3.8) is 0 Å². The molecule has 0 N–H and O–H groups in total. The Kier molecular flexibility index (Phi) is 9.18. The molecule has 1 nitrogen and oxygen atoms in total. The quantitative estimate of drug-likeness (QED) is 0.284. The van der Waals surface area contributed by atoms with Crippen LogP contribution in [0.1, 0.15) is 114 Å². The summed E-state index contributed by atoms with van der Waals surface area (Å²) in [6, 6.07) is 6.81. The van der Waals surface area contributed by atoms with Gasteiger partial charge in [-0.2, -0.15) is 0 Å². The highest BCUT2D eigenvalue weighted by molar-refractivity contribution is 6.25. The zero-order valence-corrected chi connectivity index (χ0v) is 19.3. The highest BCUT2D eigenvalue weighted by atomic mass is 16.1. The van der Waals surface area contributed by atoms with Crippen LogP contribution in [0, 0.1) is 0 Å². The number of carbonyl (C=O) groups is 1. The van der Waals surface area contributed by atoms with Crippen LogP contribution in [0.25, 0.3) is 11.6 Å². The van der Waals surface area contributed by atoms with Crippen molar-refractivity contribution >= 4 is 17.4 Å².